The predicted octanol–water partition coefficient (Wildman–Crippen LogP) is 4.65. The van der Waals surface area contributed by atoms with Crippen molar-refractivity contribution in [3.8, 4) is 11.3 Å². The van der Waals surface area contributed by atoms with Crippen LogP contribution in [-0.2, 0) is 0 Å². The number of ketones is 1. The van der Waals surface area contributed by atoms with Gasteiger partial charge in [0.1, 0.15) is 0 Å². The molecular formula is C20H14N2O. The van der Waals surface area contributed by atoms with E-state index >= 15 is 0 Å². The van der Waals surface area contributed by atoms with Gasteiger partial charge < -0.3 is 0 Å². The molecule has 3 nitrogen and oxygen atoms in total. The Morgan fingerprint density at radius 1 is 0.870 bits per heavy atom. The van der Waals surface area contributed by atoms with E-state index in [9.17, 15) is 4.79 Å². The zero-order valence-electron chi connectivity index (χ0n) is 12.7. The smallest absolute Gasteiger partial charge is 0.159 e. The monoisotopic (exact) mass is 298 g/mol. The van der Waals surface area contributed by atoms with Crippen LogP contribution >= 0.6 is 0 Å². The third kappa shape index (κ3) is 2.36. The molecule has 0 saturated heterocycles. The van der Waals surface area contributed by atoms with Crippen LogP contribution in [0.4, 0.5) is 0 Å². The van der Waals surface area contributed by atoms with Crippen molar-refractivity contribution in [2.45, 2.75) is 6.92 Å². The highest BCUT2D eigenvalue weighted by molar-refractivity contribution is 6.03. The van der Waals surface area contributed by atoms with E-state index in [0.717, 1.165) is 33.1 Å². The predicted molar refractivity (Wildman–Crippen MR) is 92.5 cm³/mol. The Morgan fingerprint density at radius 3 is 2.48 bits per heavy atom. The summed E-state index contributed by atoms with van der Waals surface area (Å²) in [7, 11) is 0. The molecule has 0 N–H and O–H groups in total. The lowest BCUT2D eigenvalue weighted by Crippen LogP contribution is -1.93. The molecule has 2 aromatic carbocycles. The van der Waals surface area contributed by atoms with Gasteiger partial charge in [-0.3, -0.25) is 9.78 Å². The van der Waals surface area contributed by atoms with E-state index in [1.807, 2.05) is 48.5 Å². The molecule has 0 saturated carbocycles. The molecular weight excluding hydrogens is 284 g/mol. The molecule has 0 aliphatic rings. The third-order valence-electron chi connectivity index (χ3n) is 4.00. The largest absolute Gasteiger partial charge is 0.295 e. The number of rotatable bonds is 2. The lowest BCUT2D eigenvalue weighted by molar-refractivity contribution is 0.101. The summed E-state index contributed by atoms with van der Waals surface area (Å²) in [6.45, 7) is 1.57. The number of carbonyl (C=O) groups is 1. The average molecular weight is 298 g/mol. The molecule has 0 radical (unpaired) electrons. The van der Waals surface area contributed by atoms with Gasteiger partial charge in [0, 0.05) is 28.1 Å². The van der Waals surface area contributed by atoms with Gasteiger partial charge >= 0.3 is 0 Å². The molecule has 0 aliphatic carbocycles. The van der Waals surface area contributed by atoms with Crippen molar-refractivity contribution in [3.63, 3.8) is 0 Å². The van der Waals surface area contributed by atoms with E-state index in [2.05, 4.69) is 17.1 Å². The summed E-state index contributed by atoms with van der Waals surface area (Å²) in [5.41, 5.74) is 4.26. The number of Topliss-reactive ketones (excluding diaryl/α,β-unsaturated/α-hetero) is 1. The summed E-state index contributed by atoms with van der Waals surface area (Å²) in [5.74, 6) is 0.0553. The van der Waals surface area contributed by atoms with Crippen LogP contribution in [0.5, 0.6) is 0 Å². The van der Waals surface area contributed by atoms with Crippen LogP contribution in [0, 0.1) is 0 Å². The van der Waals surface area contributed by atoms with Crippen LogP contribution in [-0.4, -0.2) is 15.8 Å². The number of pyridine rings is 2. The molecule has 0 fully saturated rings. The normalized spacial score (nSPS) is 11.0. The van der Waals surface area contributed by atoms with Gasteiger partial charge in [0.25, 0.3) is 0 Å². The number of fused-ring (bicyclic) bond motifs is 3. The first-order chi connectivity index (χ1) is 11.2. The maximum Gasteiger partial charge on any atom is 0.159 e. The molecule has 3 heteroatoms. The molecule has 0 spiro atoms. The van der Waals surface area contributed by atoms with Crippen LogP contribution < -0.4 is 0 Å². The second-order valence-corrected chi connectivity index (χ2v) is 5.55. The highest BCUT2D eigenvalue weighted by Crippen LogP contribution is 2.26. The van der Waals surface area contributed by atoms with Gasteiger partial charge in [0.05, 0.1) is 16.7 Å². The van der Waals surface area contributed by atoms with Crippen LogP contribution in [0.3, 0.4) is 0 Å². The average Bonchev–Trinajstić information content (AvgIpc) is 2.61. The zero-order chi connectivity index (χ0) is 15.8. The zero-order valence-corrected chi connectivity index (χ0v) is 12.7. The molecule has 0 bridgehead atoms. The number of benzene rings is 2. The van der Waals surface area contributed by atoms with Crippen molar-refractivity contribution in [2.75, 3.05) is 0 Å². The highest BCUT2D eigenvalue weighted by atomic mass is 16.1. The molecule has 0 atom stereocenters. The lowest BCUT2D eigenvalue weighted by Gasteiger charge is -2.06. The van der Waals surface area contributed by atoms with Crippen molar-refractivity contribution < 1.29 is 4.79 Å². The fourth-order valence-electron chi connectivity index (χ4n) is 2.78. The summed E-state index contributed by atoms with van der Waals surface area (Å²) in [6, 6.07) is 19.7. The standard InChI is InChI=1S/C20H14N2O/c1-13(23)16-4-2-5-17(12-16)18-10-9-15-8-7-14-6-3-11-21-19(14)20(15)22-18/h2-12H,1H3. The minimum absolute atomic E-state index is 0.0553. The summed E-state index contributed by atoms with van der Waals surface area (Å²) >= 11 is 0. The molecule has 2 heterocycles. The number of hydrogen-bond donors (Lipinski definition) is 0. The summed E-state index contributed by atoms with van der Waals surface area (Å²) < 4.78 is 0. The summed E-state index contributed by atoms with van der Waals surface area (Å²) in [5, 5.41) is 2.13. The van der Waals surface area contributed by atoms with E-state index in [1.54, 1.807) is 13.1 Å². The molecule has 0 amide bonds. The fraction of sp³-hybridized carbons (Fsp3) is 0.0500. The van der Waals surface area contributed by atoms with Crippen LogP contribution in [0.1, 0.15) is 17.3 Å². The topological polar surface area (TPSA) is 42.9 Å². The third-order valence-corrected chi connectivity index (χ3v) is 4.00. The maximum atomic E-state index is 11.6. The molecule has 23 heavy (non-hydrogen) atoms. The van der Waals surface area contributed by atoms with E-state index < -0.39 is 0 Å². The first kappa shape index (κ1) is 13.6. The first-order valence-corrected chi connectivity index (χ1v) is 7.48. The lowest BCUT2D eigenvalue weighted by atomic mass is 10.0. The summed E-state index contributed by atoms with van der Waals surface area (Å²) in [4.78, 5) is 20.9. The van der Waals surface area contributed by atoms with E-state index in [1.165, 1.54) is 0 Å². The Labute approximate surface area is 133 Å². The second-order valence-electron chi connectivity index (χ2n) is 5.55. The second kappa shape index (κ2) is 5.29. The van der Waals surface area contributed by atoms with Crippen molar-refractivity contribution in [1.82, 2.24) is 9.97 Å². The van der Waals surface area contributed by atoms with Gasteiger partial charge in [-0.2, -0.15) is 0 Å². The van der Waals surface area contributed by atoms with Crippen molar-refractivity contribution in [3.05, 3.63) is 72.4 Å². The Bertz CT molecular complexity index is 1050. The first-order valence-electron chi connectivity index (χ1n) is 7.48. The Kier molecular flexibility index (Phi) is 3.12. The Morgan fingerprint density at radius 2 is 1.65 bits per heavy atom. The molecule has 0 aliphatic heterocycles. The Balaban J connectivity index is 1.96. The van der Waals surface area contributed by atoms with E-state index in [0.29, 0.717) is 5.56 Å². The van der Waals surface area contributed by atoms with Crippen molar-refractivity contribution in [2.24, 2.45) is 0 Å². The number of carbonyl (C=O) groups excluding carboxylic acids is 1. The molecule has 4 rings (SSSR count). The maximum absolute atomic E-state index is 11.6. The van der Waals surface area contributed by atoms with E-state index in [-0.39, 0.29) is 5.78 Å². The molecule has 4 aromatic rings. The van der Waals surface area contributed by atoms with Gasteiger partial charge in [-0.05, 0) is 25.1 Å². The van der Waals surface area contributed by atoms with Crippen LogP contribution in [0.25, 0.3) is 33.1 Å². The SMILES string of the molecule is CC(=O)c1cccc(-c2ccc3ccc4cccnc4c3n2)c1. The van der Waals surface area contributed by atoms with Gasteiger partial charge in [0.15, 0.2) is 5.78 Å². The number of aromatic nitrogens is 2. The van der Waals surface area contributed by atoms with E-state index in [4.69, 9.17) is 4.98 Å². The van der Waals surface area contributed by atoms with Crippen LogP contribution in [0.2, 0.25) is 0 Å². The minimum atomic E-state index is 0.0553. The summed E-state index contributed by atoms with van der Waals surface area (Å²) in [6.07, 6.45) is 1.78. The van der Waals surface area contributed by atoms with Crippen molar-refractivity contribution >= 4 is 27.6 Å². The van der Waals surface area contributed by atoms with Gasteiger partial charge in [-0.15, -0.1) is 0 Å². The fourth-order valence-corrected chi connectivity index (χ4v) is 2.78. The molecule has 0 unspecified atom stereocenters. The van der Waals surface area contributed by atoms with Crippen molar-refractivity contribution in [1.29, 1.82) is 0 Å². The van der Waals surface area contributed by atoms with Gasteiger partial charge in [0.2, 0.25) is 0 Å². The van der Waals surface area contributed by atoms with Gasteiger partial charge in [-0.1, -0.05) is 42.5 Å². The molecule has 110 valence electrons. The highest BCUT2D eigenvalue weighted by Gasteiger charge is 2.07. The number of hydrogen-bond acceptors (Lipinski definition) is 3. The molecule has 2 aromatic heterocycles. The minimum Gasteiger partial charge on any atom is -0.295 e. The van der Waals surface area contributed by atoms with Crippen LogP contribution in [0.15, 0.2) is 66.9 Å². The van der Waals surface area contributed by atoms with Gasteiger partial charge in [-0.25, -0.2) is 4.98 Å². The quantitative estimate of drug-likeness (QED) is 0.399. The Hall–Kier alpha value is -3.07. The number of nitrogens with zero attached hydrogens (tertiary/aromatic N) is 2.